The molecule has 1 aliphatic rings. The molecule has 1 saturated heterocycles. The molecule has 0 aromatic rings. The van der Waals surface area contributed by atoms with Crippen LogP contribution in [0.25, 0.3) is 0 Å². The maximum Gasteiger partial charge on any atom is 0.162 e. The molecule has 44 valence electrons. The summed E-state index contributed by atoms with van der Waals surface area (Å²) in [6.45, 7) is 4.46. The van der Waals surface area contributed by atoms with E-state index in [0.717, 1.165) is 5.57 Å². The third kappa shape index (κ3) is 1.17. The van der Waals surface area contributed by atoms with Gasteiger partial charge in [0.1, 0.15) is 6.61 Å². The summed E-state index contributed by atoms with van der Waals surface area (Å²) in [7, 11) is 0. The fourth-order valence-corrected chi connectivity index (χ4v) is 0.690. The van der Waals surface area contributed by atoms with E-state index in [4.69, 9.17) is 4.74 Å². The van der Waals surface area contributed by atoms with Gasteiger partial charge in [0, 0.05) is 6.42 Å². The van der Waals surface area contributed by atoms with E-state index in [0.29, 0.717) is 13.0 Å². The van der Waals surface area contributed by atoms with Crippen LogP contribution in [0.3, 0.4) is 0 Å². The van der Waals surface area contributed by atoms with Gasteiger partial charge in [0.25, 0.3) is 0 Å². The molecule has 1 fully saturated rings. The predicted octanol–water partition coefficient (Wildman–Crippen LogP) is 0.532. The van der Waals surface area contributed by atoms with Crippen molar-refractivity contribution in [2.45, 2.75) is 6.42 Å². The maximum atomic E-state index is 10.5. The van der Waals surface area contributed by atoms with E-state index in [1.54, 1.807) is 0 Å². The quantitative estimate of drug-likeness (QED) is 0.427. The first-order chi connectivity index (χ1) is 3.79. The van der Waals surface area contributed by atoms with E-state index < -0.39 is 0 Å². The van der Waals surface area contributed by atoms with Crippen LogP contribution in [0.4, 0.5) is 0 Å². The van der Waals surface area contributed by atoms with Gasteiger partial charge in [-0.05, 0) is 5.57 Å². The average Bonchev–Trinajstić information content (AvgIpc) is 1.64. The standard InChI is InChI=1S/C6H8O2/c1-5-2-6(7)4-8-3-5/h1-4H2. The smallest absolute Gasteiger partial charge is 0.162 e. The normalized spacial score (nSPS) is 21.5. The highest BCUT2D eigenvalue weighted by molar-refractivity contribution is 5.82. The molecule has 0 aromatic heterocycles. The Morgan fingerprint density at radius 1 is 1.50 bits per heavy atom. The Kier molecular flexibility index (Phi) is 1.44. The number of carbonyl (C=O) groups excluding carboxylic acids is 1. The summed E-state index contributed by atoms with van der Waals surface area (Å²) >= 11 is 0. The van der Waals surface area contributed by atoms with Crippen molar-refractivity contribution in [3.8, 4) is 0 Å². The largest absolute Gasteiger partial charge is 0.369 e. The van der Waals surface area contributed by atoms with Gasteiger partial charge >= 0.3 is 0 Å². The second-order valence-corrected chi connectivity index (χ2v) is 1.96. The van der Waals surface area contributed by atoms with E-state index in [-0.39, 0.29) is 12.4 Å². The second-order valence-electron chi connectivity index (χ2n) is 1.96. The summed E-state index contributed by atoms with van der Waals surface area (Å²) in [6.07, 6.45) is 0.514. The minimum Gasteiger partial charge on any atom is -0.369 e. The highest BCUT2D eigenvalue weighted by Gasteiger charge is 2.10. The average molecular weight is 112 g/mol. The van der Waals surface area contributed by atoms with E-state index in [1.807, 2.05) is 0 Å². The van der Waals surface area contributed by atoms with Crippen LogP contribution in [0.15, 0.2) is 12.2 Å². The Bertz CT molecular complexity index is 112. The Labute approximate surface area is 48.1 Å². The molecule has 0 radical (unpaired) electrons. The summed E-state index contributed by atoms with van der Waals surface area (Å²) in [6, 6.07) is 0. The molecule has 0 unspecified atom stereocenters. The number of ketones is 1. The molecule has 1 rings (SSSR count). The van der Waals surface area contributed by atoms with E-state index in [9.17, 15) is 4.79 Å². The maximum absolute atomic E-state index is 10.5. The van der Waals surface area contributed by atoms with Gasteiger partial charge in [0.15, 0.2) is 5.78 Å². The monoisotopic (exact) mass is 112 g/mol. The first kappa shape index (κ1) is 5.51. The third-order valence-electron chi connectivity index (χ3n) is 1.02. The SMILES string of the molecule is C=C1COCC(=O)C1. The van der Waals surface area contributed by atoms with Crippen molar-refractivity contribution in [2.24, 2.45) is 0 Å². The molecule has 2 nitrogen and oxygen atoms in total. The number of ether oxygens (including phenoxy) is 1. The summed E-state index contributed by atoms with van der Waals surface area (Å²) in [5.41, 5.74) is 0.890. The van der Waals surface area contributed by atoms with Crippen LogP contribution in [0.2, 0.25) is 0 Å². The molecule has 0 amide bonds. The minimum atomic E-state index is 0.140. The van der Waals surface area contributed by atoms with Crippen LogP contribution in [-0.4, -0.2) is 19.0 Å². The van der Waals surface area contributed by atoms with Crippen LogP contribution in [-0.2, 0) is 9.53 Å². The van der Waals surface area contributed by atoms with Crippen molar-refractivity contribution < 1.29 is 9.53 Å². The molecule has 0 aromatic carbocycles. The van der Waals surface area contributed by atoms with Gasteiger partial charge in [-0.1, -0.05) is 6.58 Å². The van der Waals surface area contributed by atoms with Crippen molar-refractivity contribution in [1.82, 2.24) is 0 Å². The Morgan fingerprint density at radius 2 is 2.25 bits per heavy atom. The lowest BCUT2D eigenvalue weighted by Crippen LogP contribution is -2.17. The highest BCUT2D eigenvalue weighted by atomic mass is 16.5. The van der Waals surface area contributed by atoms with Gasteiger partial charge in [-0.25, -0.2) is 0 Å². The van der Waals surface area contributed by atoms with Crippen molar-refractivity contribution >= 4 is 5.78 Å². The number of hydrogen-bond acceptors (Lipinski definition) is 2. The summed E-state index contributed by atoms with van der Waals surface area (Å²) < 4.78 is 4.84. The van der Waals surface area contributed by atoms with E-state index in [1.165, 1.54) is 0 Å². The Morgan fingerprint density at radius 3 is 2.62 bits per heavy atom. The molecule has 0 atom stereocenters. The van der Waals surface area contributed by atoms with Crippen LogP contribution >= 0.6 is 0 Å². The topological polar surface area (TPSA) is 26.3 Å². The van der Waals surface area contributed by atoms with Gasteiger partial charge in [-0.2, -0.15) is 0 Å². The molecular weight excluding hydrogens is 104 g/mol. The van der Waals surface area contributed by atoms with Crippen molar-refractivity contribution in [3.05, 3.63) is 12.2 Å². The zero-order chi connectivity index (χ0) is 5.98. The van der Waals surface area contributed by atoms with Crippen LogP contribution < -0.4 is 0 Å². The van der Waals surface area contributed by atoms with Gasteiger partial charge in [0.2, 0.25) is 0 Å². The first-order valence-electron chi connectivity index (χ1n) is 2.55. The number of Topliss-reactive ketones (excluding diaryl/α,β-unsaturated/α-hetero) is 1. The third-order valence-corrected chi connectivity index (χ3v) is 1.02. The molecule has 1 heterocycles. The lowest BCUT2D eigenvalue weighted by Gasteiger charge is -2.10. The first-order valence-corrected chi connectivity index (χ1v) is 2.55. The zero-order valence-electron chi connectivity index (χ0n) is 4.64. The second kappa shape index (κ2) is 2.09. The molecule has 0 spiro atoms. The number of hydrogen-bond donors (Lipinski definition) is 0. The molecule has 0 aliphatic carbocycles. The van der Waals surface area contributed by atoms with Crippen molar-refractivity contribution in [3.63, 3.8) is 0 Å². The molecule has 0 saturated carbocycles. The lowest BCUT2D eigenvalue weighted by atomic mass is 10.1. The molecule has 0 bridgehead atoms. The molecular formula is C6H8O2. The molecule has 1 aliphatic heterocycles. The summed E-state index contributed by atoms with van der Waals surface area (Å²) in [4.78, 5) is 10.5. The van der Waals surface area contributed by atoms with Crippen LogP contribution in [0.5, 0.6) is 0 Å². The zero-order valence-corrected chi connectivity index (χ0v) is 4.64. The molecule has 2 heteroatoms. The fraction of sp³-hybridized carbons (Fsp3) is 0.500. The van der Waals surface area contributed by atoms with Crippen LogP contribution in [0, 0.1) is 0 Å². The van der Waals surface area contributed by atoms with E-state index >= 15 is 0 Å². The Balaban J connectivity index is 2.45. The van der Waals surface area contributed by atoms with Crippen molar-refractivity contribution in [2.75, 3.05) is 13.2 Å². The minimum absolute atomic E-state index is 0.140. The van der Waals surface area contributed by atoms with Gasteiger partial charge < -0.3 is 4.74 Å². The molecule has 8 heavy (non-hydrogen) atoms. The Hall–Kier alpha value is -0.630. The van der Waals surface area contributed by atoms with Gasteiger partial charge in [-0.3, -0.25) is 4.79 Å². The van der Waals surface area contributed by atoms with Crippen LogP contribution in [0.1, 0.15) is 6.42 Å². The van der Waals surface area contributed by atoms with Gasteiger partial charge in [0.05, 0.1) is 6.61 Å². The fourth-order valence-electron chi connectivity index (χ4n) is 0.690. The lowest BCUT2D eigenvalue weighted by molar-refractivity contribution is -0.124. The predicted molar refractivity (Wildman–Crippen MR) is 29.6 cm³/mol. The number of carbonyl (C=O) groups is 1. The summed E-state index contributed by atoms with van der Waals surface area (Å²) in [5.74, 6) is 0.140. The van der Waals surface area contributed by atoms with Crippen molar-refractivity contribution in [1.29, 1.82) is 0 Å². The van der Waals surface area contributed by atoms with Gasteiger partial charge in [-0.15, -0.1) is 0 Å². The number of rotatable bonds is 0. The van der Waals surface area contributed by atoms with E-state index in [2.05, 4.69) is 6.58 Å². The molecule has 0 N–H and O–H groups in total. The highest BCUT2D eigenvalue weighted by Crippen LogP contribution is 2.05. The summed E-state index contributed by atoms with van der Waals surface area (Å²) in [5, 5.41) is 0.